The molecule has 0 aromatic heterocycles. The topological polar surface area (TPSA) is 67.6 Å². The summed E-state index contributed by atoms with van der Waals surface area (Å²) in [6, 6.07) is 5.58. The van der Waals surface area contributed by atoms with Gasteiger partial charge in [-0.2, -0.15) is 0 Å². The highest BCUT2D eigenvalue weighted by molar-refractivity contribution is 5.95. The van der Waals surface area contributed by atoms with Crippen molar-refractivity contribution in [2.24, 2.45) is 0 Å². The zero-order chi connectivity index (χ0) is 15.2. The number of nitrogen functional groups attached to an aromatic ring is 1. The molecule has 1 amide bonds. The number of nitrogens with two attached hydrogens (primary N) is 1. The highest BCUT2D eigenvalue weighted by atomic mass is 16.5. The van der Waals surface area contributed by atoms with Gasteiger partial charge in [0.2, 0.25) is 0 Å². The maximum atomic E-state index is 12.3. The van der Waals surface area contributed by atoms with Crippen molar-refractivity contribution in [2.75, 3.05) is 32.5 Å². The molecule has 1 unspecified atom stereocenters. The zero-order valence-corrected chi connectivity index (χ0v) is 12.9. The number of nitrogens with one attached hydrogen (secondary N) is 1. The molecular formula is C16H25N3O2. The van der Waals surface area contributed by atoms with Crippen molar-refractivity contribution in [1.82, 2.24) is 10.2 Å². The highest BCUT2D eigenvalue weighted by Gasteiger charge is 2.19. The standard InChI is InChI=1S/C16H25N3O2/c1-3-21-15-9-12(8-13(17)10-15)16(20)18-11-14-6-4-5-7-19(14)2/h8-10,14H,3-7,11,17H2,1-2H3,(H,18,20). The Bertz CT molecular complexity index is 490. The first-order valence-electron chi connectivity index (χ1n) is 7.62. The maximum Gasteiger partial charge on any atom is 0.251 e. The van der Waals surface area contributed by atoms with Crippen LogP contribution in [0, 0.1) is 0 Å². The maximum absolute atomic E-state index is 12.3. The van der Waals surface area contributed by atoms with Crippen LogP contribution in [0.25, 0.3) is 0 Å². The van der Waals surface area contributed by atoms with Gasteiger partial charge in [0.15, 0.2) is 0 Å². The SMILES string of the molecule is CCOc1cc(N)cc(C(=O)NCC2CCCCN2C)c1. The van der Waals surface area contributed by atoms with Crippen LogP contribution in [0.2, 0.25) is 0 Å². The molecule has 1 aromatic carbocycles. The van der Waals surface area contributed by atoms with E-state index in [9.17, 15) is 4.79 Å². The first-order chi connectivity index (χ1) is 10.1. The summed E-state index contributed by atoms with van der Waals surface area (Å²) in [7, 11) is 2.11. The van der Waals surface area contributed by atoms with E-state index in [1.54, 1.807) is 18.2 Å². The van der Waals surface area contributed by atoms with Crippen molar-refractivity contribution in [3.8, 4) is 5.75 Å². The molecule has 1 aliphatic rings. The van der Waals surface area contributed by atoms with E-state index in [1.807, 2.05) is 6.92 Å². The number of rotatable bonds is 5. The van der Waals surface area contributed by atoms with Crippen molar-refractivity contribution in [3.63, 3.8) is 0 Å². The molecule has 1 saturated heterocycles. The van der Waals surface area contributed by atoms with Crippen molar-refractivity contribution >= 4 is 11.6 Å². The van der Waals surface area contributed by atoms with Gasteiger partial charge in [-0.25, -0.2) is 0 Å². The molecule has 2 rings (SSSR count). The molecule has 1 aliphatic heterocycles. The molecule has 1 aromatic rings. The van der Waals surface area contributed by atoms with E-state index in [-0.39, 0.29) is 5.91 Å². The minimum Gasteiger partial charge on any atom is -0.494 e. The smallest absolute Gasteiger partial charge is 0.251 e. The van der Waals surface area contributed by atoms with Crippen LogP contribution in [0.4, 0.5) is 5.69 Å². The predicted molar refractivity (Wildman–Crippen MR) is 84.6 cm³/mol. The molecule has 1 fully saturated rings. The van der Waals surface area contributed by atoms with Crippen molar-refractivity contribution in [3.05, 3.63) is 23.8 Å². The summed E-state index contributed by atoms with van der Waals surface area (Å²) >= 11 is 0. The van der Waals surface area contributed by atoms with Crippen LogP contribution in [0.3, 0.4) is 0 Å². The van der Waals surface area contributed by atoms with Gasteiger partial charge in [0.25, 0.3) is 5.91 Å². The third-order valence-electron chi connectivity index (χ3n) is 3.92. The van der Waals surface area contributed by atoms with Crippen LogP contribution in [-0.4, -0.2) is 43.6 Å². The second kappa shape index (κ2) is 7.31. The highest BCUT2D eigenvalue weighted by Crippen LogP contribution is 2.19. The molecule has 3 N–H and O–H groups in total. The van der Waals surface area contributed by atoms with Crippen LogP contribution >= 0.6 is 0 Å². The third-order valence-corrected chi connectivity index (χ3v) is 3.92. The Morgan fingerprint density at radius 3 is 2.95 bits per heavy atom. The summed E-state index contributed by atoms with van der Waals surface area (Å²) < 4.78 is 5.42. The number of amides is 1. The summed E-state index contributed by atoms with van der Waals surface area (Å²) in [5.41, 5.74) is 6.92. The lowest BCUT2D eigenvalue weighted by molar-refractivity contribution is 0.0928. The van der Waals surface area contributed by atoms with E-state index in [4.69, 9.17) is 10.5 Å². The lowest BCUT2D eigenvalue weighted by Crippen LogP contribution is -2.44. The van der Waals surface area contributed by atoms with Gasteiger partial charge in [-0.15, -0.1) is 0 Å². The van der Waals surface area contributed by atoms with E-state index >= 15 is 0 Å². The fourth-order valence-corrected chi connectivity index (χ4v) is 2.72. The van der Waals surface area contributed by atoms with E-state index in [0.717, 1.165) is 13.0 Å². The second-order valence-electron chi connectivity index (χ2n) is 5.56. The van der Waals surface area contributed by atoms with Crippen LogP contribution in [0.1, 0.15) is 36.5 Å². The van der Waals surface area contributed by atoms with E-state index in [2.05, 4.69) is 17.3 Å². The molecule has 1 heterocycles. The minimum atomic E-state index is -0.0952. The Labute approximate surface area is 126 Å². The quantitative estimate of drug-likeness (QED) is 0.813. The average molecular weight is 291 g/mol. The summed E-state index contributed by atoms with van der Waals surface area (Å²) in [5.74, 6) is 0.541. The molecule has 0 bridgehead atoms. The number of hydrogen-bond acceptors (Lipinski definition) is 4. The number of ether oxygens (including phenoxy) is 1. The molecule has 116 valence electrons. The Kier molecular flexibility index (Phi) is 5.44. The Hall–Kier alpha value is -1.75. The Morgan fingerprint density at radius 2 is 2.24 bits per heavy atom. The third kappa shape index (κ3) is 4.36. The monoisotopic (exact) mass is 291 g/mol. The van der Waals surface area contributed by atoms with Gasteiger partial charge >= 0.3 is 0 Å². The molecule has 1 atom stereocenters. The van der Waals surface area contributed by atoms with Gasteiger partial charge in [0, 0.05) is 29.9 Å². The van der Waals surface area contributed by atoms with E-state index in [0.29, 0.717) is 36.2 Å². The van der Waals surface area contributed by atoms with Crippen molar-refractivity contribution in [2.45, 2.75) is 32.2 Å². The number of hydrogen-bond donors (Lipinski definition) is 2. The normalized spacial score (nSPS) is 19.2. The number of nitrogens with zero attached hydrogens (tertiary/aromatic N) is 1. The van der Waals surface area contributed by atoms with Crippen LogP contribution in [0.15, 0.2) is 18.2 Å². The molecule has 0 spiro atoms. The van der Waals surface area contributed by atoms with Crippen LogP contribution < -0.4 is 15.8 Å². The Morgan fingerprint density at radius 1 is 1.43 bits per heavy atom. The fourth-order valence-electron chi connectivity index (χ4n) is 2.72. The number of likely N-dealkylation sites (tertiary alicyclic amines) is 1. The van der Waals surface area contributed by atoms with E-state index in [1.165, 1.54) is 12.8 Å². The van der Waals surface area contributed by atoms with Crippen molar-refractivity contribution in [1.29, 1.82) is 0 Å². The van der Waals surface area contributed by atoms with Crippen LogP contribution in [-0.2, 0) is 0 Å². The Balaban J connectivity index is 1.96. The summed E-state index contributed by atoms with van der Waals surface area (Å²) in [5, 5.41) is 3.00. The molecule has 5 nitrogen and oxygen atoms in total. The average Bonchev–Trinajstić information content (AvgIpc) is 2.46. The van der Waals surface area contributed by atoms with Gasteiger partial charge < -0.3 is 20.7 Å². The molecule has 0 radical (unpaired) electrons. The first-order valence-corrected chi connectivity index (χ1v) is 7.62. The van der Waals surface area contributed by atoms with Gasteiger partial charge in [0.05, 0.1) is 6.61 Å². The molecule has 0 saturated carbocycles. The summed E-state index contributed by atoms with van der Waals surface area (Å²) in [6.07, 6.45) is 3.61. The second-order valence-corrected chi connectivity index (χ2v) is 5.56. The fraction of sp³-hybridized carbons (Fsp3) is 0.562. The predicted octanol–water partition coefficient (Wildman–Crippen LogP) is 1.88. The molecule has 0 aliphatic carbocycles. The number of anilines is 1. The van der Waals surface area contributed by atoms with Crippen LogP contribution in [0.5, 0.6) is 5.75 Å². The summed E-state index contributed by atoms with van der Waals surface area (Å²) in [6.45, 7) is 4.24. The number of carbonyl (C=O) groups is 1. The number of carbonyl (C=O) groups excluding carboxylic acids is 1. The van der Waals surface area contributed by atoms with E-state index < -0.39 is 0 Å². The number of benzene rings is 1. The molecule has 21 heavy (non-hydrogen) atoms. The summed E-state index contributed by atoms with van der Waals surface area (Å²) in [4.78, 5) is 14.6. The number of piperidine rings is 1. The van der Waals surface area contributed by atoms with Gasteiger partial charge in [0.1, 0.15) is 5.75 Å². The lowest BCUT2D eigenvalue weighted by atomic mass is 10.0. The van der Waals surface area contributed by atoms with Gasteiger partial charge in [-0.3, -0.25) is 4.79 Å². The molecular weight excluding hydrogens is 266 g/mol. The molecule has 5 heteroatoms. The lowest BCUT2D eigenvalue weighted by Gasteiger charge is -2.32. The zero-order valence-electron chi connectivity index (χ0n) is 12.9. The van der Waals surface area contributed by atoms with Gasteiger partial charge in [-0.05, 0) is 45.5 Å². The number of likely N-dealkylation sites (N-methyl/N-ethyl adjacent to an activating group) is 1. The first kappa shape index (κ1) is 15.6. The largest absolute Gasteiger partial charge is 0.494 e. The van der Waals surface area contributed by atoms with Gasteiger partial charge in [-0.1, -0.05) is 6.42 Å². The minimum absolute atomic E-state index is 0.0952. The van der Waals surface area contributed by atoms with Crippen molar-refractivity contribution < 1.29 is 9.53 Å².